The molecule has 1 fully saturated rings. The average Bonchev–Trinajstić information content (AvgIpc) is 3.51. The number of oxazole rings is 1. The second-order valence-corrected chi connectivity index (χ2v) is 8.73. The highest BCUT2D eigenvalue weighted by atomic mass is 16.5. The lowest BCUT2D eigenvalue weighted by atomic mass is 9.92. The van der Waals surface area contributed by atoms with E-state index < -0.39 is 0 Å². The molecule has 1 unspecified atom stereocenters. The number of fused-ring (bicyclic) bond motifs is 1. The van der Waals surface area contributed by atoms with Gasteiger partial charge in [-0.25, -0.2) is 9.97 Å². The zero-order chi connectivity index (χ0) is 25.2. The Hall–Kier alpha value is -4.19. The molecule has 5 rings (SSSR count). The fourth-order valence-corrected chi connectivity index (χ4v) is 4.53. The topological polar surface area (TPSA) is 141 Å². The molecule has 4 aromatic heterocycles. The summed E-state index contributed by atoms with van der Waals surface area (Å²) in [5.41, 5.74) is 1.25. The molecule has 1 aliphatic rings. The van der Waals surface area contributed by atoms with Gasteiger partial charge in [0.25, 0.3) is 11.5 Å². The molecule has 0 spiro atoms. The Morgan fingerprint density at radius 2 is 2.17 bits per heavy atom. The number of hydrogen-bond donors (Lipinski definition) is 3. The lowest BCUT2D eigenvalue weighted by Gasteiger charge is -2.28. The summed E-state index contributed by atoms with van der Waals surface area (Å²) in [5, 5.41) is 13.6. The molecule has 12 nitrogen and oxygen atoms in total. The SMILES string of the molecule is CNc1cc(Nc2cccn(-c3ocnc3C)c2=O)nc2c(C(=O)NC3CCC[C@@H](OC)C3)cnn12. The van der Waals surface area contributed by atoms with Crippen LogP contribution in [0, 0.1) is 6.92 Å². The van der Waals surface area contributed by atoms with Gasteiger partial charge in [-0.05, 0) is 44.7 Å². The molecule has 3 N–H and O–H groups in total. The minimum absolute atomic E-state index is 0.0264. The van der Waals surface area contributed by atoms with Crippen molar-refractivity contribution in [1.82, 2.24) is 29.5 Å². The van der Waals surface area contributed by atoms with E-state index in [4.69, 9.17) is 9.15 Å². The van der Waals surface area contributed by atoms with Crippen molar-refractivity contribution in [3.8, 4) is 5.88 Å². The molecule has 4 aromatic rings. The summed E-state index contributed by atoms with van der Waals surface area (Å²) in [5.74, 6) is 1.07. The van der Waals surface area contributed by atoms with Gasteiger partial charge in [0.1, 0.15) is 28.6 Å². The standard InChI is InChI=1S/C24H28N8O4/c1-14-24(36-13-26-14)31-9-5-8-18(23(31)34)29-19-11-20(25-2)32-21(30-19)17(12-27-32)22(33)28-15-6-4-7-16(10-15)35-3/h5,8-9,11-13,15-16,25H,4,6-7,10H2,1-3H3,(H,28,33)(H,29,30)/t15?,16-/m1/s1. The summed E-state index contributed by atoms with van der Waals surface area (Å²) in [6, 6.07) is 5.11. The van der Waals surface area contributed by atoms with Gasteiger partial charge in [0, 0.05) is 32.5 Å². The van der Waals surface area contributed by atoms with Gasteiger partial charge < -0.3 is 25.1 Å². The summed E-state index contributed by atoms with van der Waals surface area (Å²) in [7, 11) is 3.45. The molecule has 2 atom stereocenters. The first-order valence-electron chi connectivity index (χ1n) is 11.8. The van der Waals surface area contributed by atoms with E-state index in [2.05, 4.69) is 31.0 Å². The molecule has 0 saturated heterocycles. The van der Waals surface area contributed by atoms with Crippen molar-refractivity contribution >= 4 is 28.9 Å². The maximum Gasteiger partial charge on any atom is 0.281 e. The molecule has 1 aliphatic carbocycles. The number of ether oxygens (including phenoxy) is 1. The molecule has 1 amide bonds. The van der Waals surface area contributed by atoms with Crippen LogP contribution < -0.4 is 21.5 Å². The molecule has 4 heterocycles. The lowest BCUT2D eigenvalue weighted by molar-refractivity contribution is 0.0563. The van der Waals surface area contributed by atoms with Gasteiger partial charge in [-0.15, -0.1) is 0 Å². The Balaban J connectivity index is 1.46. The third-order valence-electron chi connectivity index (χ3n) is 6.42. The maximum absolute atomic E-state index is 13.2. The number of aromatic nitrogens is 5. The molecule has 188 valence electrons. The van der Waals surface area contributed by atoms with Crippen LogP contribution in [0.3, 0.4) is 0 Å². The number of aryl methyl sites for hydroxylation is 1. The Bertz CT molecular complexity index is 1460. The average molecular weight is 493 g/mol. The summed E-state index contributed by atoms with van der Waals surface area (Å²) in [6.45, 7) is 1.76. The molecule has 36 heavy (non-hydrogen) atoms. The van der Waals surface area contributed by atoms with Crippen molar-refractivity contribution < 1.29 is 13.9 Å². The number of hydrogen-bond acceptors (Lipinski definition) is 9. The van der Waals surface area contributed by atoms with Crippen molar-refractivity contribution in [2.45, 2.75) is 44.8 Å². The number of rotatable bonds is 7. The monoisotopic (exact) mass is 492 g/mol. The summed E-state index contributed by atoms with van der Waals surface area (Å²) >= 11 is 0. The summed E-state index contributed by atoms with van der Waals surface area (Å²) in [6.07, 6.45) is 8.22. The first-order valence-corrected chi connectivity index (χ1v) is 11.8. The Kier molecular flexibility index (Phi) is 6.42. The molecule has 0 aliphatic heterocycles. The van der Waals surface area contributed by atoms with Crippen molar-refractivity contribution in [3.05, 3.63) is 58.6 Å². The van der Waals surface area contributed by atoms with Gasteiger partial charge in [-0.1, -0.05) is 0 Å². The van der Waals surface area contributed by atoms with Crippen LogP contribution in [-0.4, -0.2) is 56.4 Å². The normalized spacial score (nSPS) is 17.8. The quantitative estimate of drug-likeness (QED) is 0.355. The van der Waals surface area contributed by atoms with E-state index in [1.54, 1.807) is 50.0 Å². The first kappa shape index (κ1) is 23.5. The minimum Gasteiger partial charge on any atom is -0.427 e. The number of pyridine rings is 1. The van der Waals surface area contributed by atoms with Crippen molar-refractivity contribution in [1.29, 1.82) is 0 Å². The number of carbonyl (C=O) groups excluding carboxylic acids is 1. The van der Waals surface area contributed by atoms with E-state index in [-0.39, 0.29) is 29.3 Å². The van der Waals surface area contributed by atoms with Crippen molar-refractivity contribution in [3.63, 3.8) is 0 Å². The number of amides is 1. The molecule has 0 aromatic carbocycles. The number of nitrogens with zero attached hydrogens (tertiary/aromatic N) is 5. The molecule has 12 heteroatoms. The van der Waals surface area contributed by atoms with Crippen molar-refractivity contribution in [2.24, 2.45) is 0 Å². The van der Waals surface area contributed by atoms with Gasteiger partial charge in [0.2, 0.25) is 5.88 Å². The first-order chi connectivity index (χ1) is 17.5. The second kappa shape index (κ2) is 9.82. The number of methoxy groups -OCH3 is 1. The van der Waals surface area contributed by atoms with Crippen LogP contribution in [0.4, 0.5) is 17.3 Å². The molecule has 0 radical (unpaired) electrons. The third-order valence-corrected chi connectivity index (χ3v) is 6.42. The minimum atomic E-state index is -0.332. The summed E-state index contributed by atoms with van der Waals surface area (Å²) < 4.78 is 13.8. The summed E-state index contributed by atoms with van der Waals surface area (Å²) in [4.78, 5) is 34.9. The van der Waals surface area contributed by atoms with Crippen LogP contribution in [0.1, 0.15) is 41.7 Å². The number of carbonyl (C=O) groups is 1. The van der Waals surface area contributed by atoms with Crippen LogP contribution in [0.2, 0.25) is 0 Å². The Labute approximate surface area is 206 Å². The van der Waals surface area contributed by atoms with Gasteiger partial charge >= 0.3 is 0 Å². The van der Waals surface area contributed by atoms with Crippen molar-refractivity contribution in [2.75, 3.05) is 24.8 Å². The van der Waals surface area contributed by atoms with Crippen LogP contribution >= 0.6 is 0 Å². The third kappa shape index (κ3) is 4.42. The van der Waals surface area contributed by atoms with Crippen LogP contribution in [0.5, 0.6) is 0 Å². The van der Waals surface area contributed by atoms with Gasteiger partial charge in [0.05, 0.1) is 12.3 Å². The molecule has 1 saturated carbocycles. The van der Waals surface area contributed by atoms with Gasteiger partial charge in [0.15, 0.2) is 12.0 Å². The highest BCUT2D eigenvalue weighted by molar-refractivity contribution is 6.00. The molecular formula is C24H28N8O4. The number of anilines is 3. The van der Waals surface area contributed by atoms with Crippen LogP contribution in [0.15, 0.2) is 46.2 Å². The zero-order valence-corrected chi connectivity index (χ0v) is 20.3. The highest BCUT2D eigenvalue weighted by Gasteiger charge is 2.25. The van der Waals surface area contributed by atoms with E-state index in [0.717, 1.165) is 25.7 Å². The maximum atomic E-state index is 13.2. The van der Waals surface area contributed by atoms with Crippen LogP contribution in [-0.2, 0) is 4.74 Å². The largest absolute Gasteiger partial charge is 0.427 e. The predicted octanol–water partition coefficient (Wildman–Crippen LogP) is 2.65. The second-order valence-electron chi connectivity index (χ2n) is 8.73. The predicted molar refractivity (Wildman–Crippen MR) is 133 cm³/mol. The van der Waals surface area contributed by atoms with Gasteiger partial charge in [-0.2, -0.15) is 9.61 Å². The molecule has 0 bridgehead atoms. The molecular weight excluding hydrogens is 464 g/mol. The lowest BCUT2D eigenvalue weighted by Crippen LogP contribution is -2.40. The Morgan fingerprint density at radius 3 is 2.92 bits per heavy atom. The van der Waals surface area contributed by atoms with E-state index in [9.17, 15) is 9.59 Å². The van der Waals surface area contributed by atoms with E-state index in [0.29, 0.717) is 34.4 Å². The fraction of sp³-hybridized carbons (Fsp3) is 0.375. The zero-order valence-electron chi connectivity index (χ0n) is 20.3. The van der Waals surface area contributed by atoms with Crippen LogP contribution in [0.25, 0.3) is 11.5 Å². The van der Waals surface area contributed by atoms with E-state index >= 15 is 0 Å². The van der Waals surface area contributed by atoms with E-state index in [1.165, 1.54) is 17.2 Å². The highest BCUT2D eigenvalue weighted by Crippen LogP contribution is 2.23. The smallest absolute Gasteiger partial charge is 0.281 e. The number of nitrogens with one attached hydrogen (secondary N) is 3. The Morgan fingerprint density at radius 1 is 1.31 bits per heavy atom. The van der Waals surface area contributed by atoms with Gasteiger partial charge in [-0.3, -0.25) is 14.2 Å². The van der Waals surface area contributed by atoms with E-state index in [1.807, 2.05) is 0 Å². The fourth-order valence-electron chi connectivity index (χ4n) is 4.53.